The van der Waals surface area contributed by atoms with Gasteiger partial charge in [-0.05, 0) is 0 Å². The smallest absolute Gasteiger partial charge is 0.203 e. The first kappa shape index (κ1) is 12.2. The minimum Gasteiger partial charge on any atom is -0.484 e. The molecule has 0 aliphatic carbocycles. The fraction of sp³-hybridized carbons (Fsp3) is 0.714. The number of methoxy groups -OCH3 is 2. The molecular weight excluding hydrogens is 196 g/mol. The Hall–Kier alpha value is -0.810. The van der Waals surface area contributed by atoms with E-state index in [0.29, 0.717) is 0 Å². The average molecular weight is 209 g/mol. The lowest BCUT2D eigenvalue weighted by molar-refractivity contribution is 0.173. The quantitative estimate of drug-likeness (QED) is 0.534. The number of nitrogens with zero attached hydrogens (tertiary/aromatic N) is 1. The topological polar surface area (TPSA) is 74.9 Å². The van der Waals surface area contributed by atoms with Crippen molar-refractivity contribution < 1.29 is 14.6 Å². The van der Waals surface area contributed by atoms with Crippen LogP contribution in [0.3, 0.4) is 0 Å². The Labute approximate surface area is 81.9 Å². The molecule has 0 aromatic heterocycles. The molecule has 0 aromatic rings. The van der Waals surface area contributed by atoms with Crippen LogP contribution in [0.5, 0.6) is 0 Å². The molecule has 0 aromatic carbocycles. The Balaban J connectivity index is 3.86. The maximum absolute atomic E-state index is 9.34. The third-order valence-corrected chi connectivity index (χ3v) is 1.60. The number of aliphatic hydroxyl groups is 1. The number of aliphatic hydroxyl groups excluding tert-OH is 1. The Bertz CT molecular complexity index is 196. The van der Waals surface area contributed by atoms with E-state index in [2.05, 4.69) is 9.25 Å². The number of halogens is 1. The third-order valence-electron chi connectivity index (χ3n) is 1.41. The summed E-state index contributed by atoms with van der Waals surface area (Å²) in [5.41, 5.74) is 0. The van der Waals surface area contributed by atoms with Gasteiger partial charge in [0.2, 0.25) is 5.90 Å². The zero-order valence-corrected chi connectivity index (χ0v) is 8.34. The first-order valence-electron chi connectivity index (χ1n) is 3.65. The Morgan fingerprint density at radius 2 is 2.08 bits per heavy atom. The molecule has 76 valence electrons. The van der Waals surface area contributed by atoms with Crippen LogP contribution in [0.15, 0.2) is 4.51 Å². The first-order valence-corrected chi connectivity index (χ1v) is 3.99. The van der Waals surface area contributed by atoms with Crippen LogP contribution in [0.4, 0.5) is 0 Å². The fourth-order valence-corrected chi connectivity index (χ4v) is 0.861. The molecule has 0 fully saturated rings. The van der Waals surface area contributed by atoms with Crippen LogP contribution in [-0.2, 0) is 9.47 Å². The lowest BCUT2D eigenvalue weighted by Crippen LogP contribution is -2.18. The molecule has 6 heteroatoms. The summed E-state index contributed by atoms with van der Waals surface area (Å²) in [6.45, 7) is 0. The third kappa shape index (κ3) is 5.43. The van der Waals surface area contributed by atoms with E-state index in [0.717, 1.165) is 0 Å². The van der Waals surface area contributed by atoms with Crippen LogP contribution < -0.4 is 0 Å². The standard InChI is InChI=1S/C7H13ClN2O3/c1-12-6(9)3-5(11)4-7(10-8)13-2/h5,9,11H,3-4H2,1-2H3/b9-6?,10-7-. The van der Waals surface area contributed by atoms with Gasteiger partial charge in [-0.3, -0.25) is 5.41 Å². The van der Waals surface area contributed by atoms with Crippen molar-refractivity contribution in [1.29, 1.82) is 5.41 Å². The van der Waals surface area contributed by atoms with E-state index < -0.39 is 6.10 Å². The highest BCUT2D eigenvalue weighted by Crippen LogP contribution is 2.03. The van der Waals surface area contributed by atoms with Crippen LogP contribution in [0.25, 0.3) is 0 Å². The molecule has 5 nitrogen and oxygen atoms in total. The van der Waals surface area contributed by atoms with Gasteiger partial charge in [-0.2, -0.15) is 0 Å². The molecule has 13 heavy (non-hydrogen) atoms. The van der Waals surface area contributed by atoms with Crippen molar-refractivity contribution in [2.75, 3.05) is 14.2 Å². The number of rotatable bonds is 4. The molecule has 0 rings (SSSR count). The summed E-state index contributed by atoms with van der Waals surface area (Å²) in [5, 5.41) is 16.5. The van der Waals surface area contributed by atoms with Gasteiger partial charge < -0.3 is 14.6 Å². The summed E-state index contributed by atoms with van der Waals surface area (Å²) in [6, 6.07) is 0. The number of nitrogens with one attached hydrogen (secondary N) is 1. The number of hydrogen-bond donors (Lipinski definition) is 2. The monoisotopic (exact) mass is 208 g/mol. The van der Waals surface area contributed by atoms with Crippen LogP contribution in [0.1, 0.15) is 12.8 Å². The van der Waals surface area contributed by atoms with Gasteiger partial charge in [0, 0.05) is 18.2 Å². The lowest BCUT2D eigenvalue weighted by atomic mass is 10.2. The van der Waals surface area contributed by atoms with Crippen molar-refractivity contribution >= 4 is 23.6 Å². The Kier molecular flexibility index (Phi) is 6.26. The van der Waals surface area contributed by atoms with Crippen LogP contribution >= 0.6 is 11.8 Å². The van der Waals surface area contributed by atoms with Crippen LogP contribution in [0.2, 0.25) is 0 Å². The second kappa shape index (κ2) is 6.68. The molecule has 0 heterocycles. The van der Waals surface area contributed by atoms with Crippen LogP contribution in [0, 0.1) is 5.41 Å². The van der Waals surface area contributed by atoms with Gasteiger partial charge in [-0.1, -0.05) is 0 Å². The summed E-state index contributed by atoms with van der Waals surface area (Å²) < 4.78 is 12.6. The van der Waals surface area contributed by atoms with Gasteiger partial charge in [-0.15, -0.1) is 4.51 Å². The number of ether oxygens (including phenoxy) is 2. The average Bonchev–Trinajstić information content (AvgIpc) is 2.13. The van der Waals surface area contributed by atoms with Gasteiger partial charge in [0.15, 0.2) is 5.90 Å². The zero-order chi connectivity index (χ0) is 10.3. The van der Waals surface area contributed by atoms with E-state index in [4.69, 9.17) is 21.9 Å². The summed E-state index contributed by atoms with van der Waals surface area (Å²) in [6.07, 6.45) is -0.466. The molecule has 0 saturated heterocycles. The van der Waals surface area contributed by atoms with Gasteiger partial charge in [-0.25, -0.2) is 0 Å². The van der Waals surface area contributed by atoms with E-state index in [1.807, 2.05) is 0 Å². The van der Waals surface area contributed by atoms with Gasteiger partial charge >= 0.3 is 0 Å². The molecule has 0 radical (unpaired) electrons. The van der Waals surface area contributed by atoms with Gasteiger partial charge in [0.05, 0.1) is 26.7 Å². The molecule has 1 unspecified atom stereocenters. The van der Waals surface area contributed by atoms with E-state index in [-0.39, 0.29) is 24.6 Å². The van der Waals surface area contributed by atoms with E-state index in [1.54, 1.807) is 0 Å². The SMILES string of the molecule is COC(=N)CC(O)C/C(=N/Cl)OC. The maximum atomic E-state index is 9.34. The highest BCUT2D eigenvalue weighted by molar-refractivity contribution is 6.19. The molecule has 1 atom stereocenters. The van der Waals surface area contributed by atoms with Crippen molar-refractivity contribution in [3.63, 3.8) is 0 Å². The van der Waals surface area contributed by atoms with Crippen molar-refractivity contribution in [1.82, 2.24) is 0 Å². The summed E-state index contributed by atoms with van der Waals surface area (Å²) in [5.74, 6) is 0.246. The Morgan fingerprint density at radius 1 is 1.46 bits per heavy atom. The van der Waals surface area contributed by atoms with E-state index >= 15 is 0 Å². The normalized spacial score (nSPS) is 13.7. The minimum atomic E-state index is -0.759. The Morgan fingerprint density at radius 3 is 2.46 bits per heavy atom. The summed E-state index contributed by atoms with van der Waals surface area (Å²) in [4.78, 5) is 0. The van der Waals surface area contributed by atoms with Gasteiger partial charge in [0.25, 0.3) is 0 Å². The van der Waals surface area contributed by atoms with E-state index in [9.17, 15) is 5.11 Å². The second-order valence-corrected chi connectivity index (χ2v) is 2.54. The minimum absolute atomic E-state index is 0.0116. The highest BCUT2D eigenvalue weighted by atomic mass is 35.5. The fourth-order valence-electron chi connectivity index (χ4n) is 0.723. The van der Waals surface area contributed by atoms with Crippen LogP contribution in [-0.4, -0.2) is 37.2 Å². The van der Waals surface area contributed by atoms with Crippen molar-refractivity contribution in [3.8, 4) is 0 Å². The summed E-state index contributed by atoms with van der Waals surface area (Å²) >= 11 is 5.15. The highest BCUT2D eigenvalue weighted by Gasteiger charge is 2.12. The molecular formula is C7H13ClN2O3. The number of hydrogen-bond acceptors (Lipinski definition) is 5. The molecule has 0 saturated carbocycles. The second-order valence-electron chi connectivity index (χ2n) is 2.37. The van der Waals surface area contributed by atoms with E-state index in [1.165, 1.54) is 14.2 Å². The zero-order valence-electron chi connectivity index (χ0n) is 7.58. The molecule has 0 bridgehead atoms. The molecule has 0 amide bonds. The summed E-state index contributed by atoms with van der Waals surface area (Å²) in [7, 11) is 2.79. The van der Waals surface area contributed by atoms with Crippen molar-refractivity contribution in [3.05, 3.63) is 0 Å². The molecule has 2 N–H and O–H groups in total. The molecule has 0 spiro atoms. The molecule has 0 aliphatic heterocycles. The predicted octanol–water partition coefficient (Wildman–Crippen LogP) is 0.950. The first-order chi connectivity index (χ1) is 6.13. The van der Waals surface area contributed by atoms with Gasteiger partial charge in [0.1, 0.15) is 0 Å². The largest absolute Gasteiger partial charge is 0.484 e. The lowest BCUT2D eigenvalue weighted by Gasteiger charge is -2.10. The predicted molar refractivity (Wildman–Crippen MR) is 50.3 cm³/mol. The van der Waals surface area contributed by atoms with Crippen molar-refractivity contribution in [2.45, 2.75) is 18.9 Å². The maximum Gasteiger partial charge on any atom is 0.203 e. The molecule has 0 aliphatic rings. The van der Waals surface area contributed by atoms with Crippen molar-refractivity contribution in [2.24, 2.45) is 4.51 Å².